The van der Waals surface area contributed by atoms with Crippen LogP contribution in [0.4, 0.5) is 5.69 Å². The highest BCUT2D eigenvalue weighted by Crippen LogP contribution is 2.42. The van der Waals surface area contributed by atoms with Gasteiger partial charge in [-0.3, -0.25) is 9.59 Å². The van der Waals surface area contributed by atoms with Crippen molar-refractivity contribution >= 4 is 18.1 Å². The Morgan fingerprint density at radius 2 is 2.12 bits per heavy atom. The molecule has 0 aliphatic carbocycles. The molecule has 2 rings (SSSR count). The Kier molecular flexibility index (Phi) is 2.53. The van der Waals surface area contributed by atoms with Crippen LogP contribution in [-0.4, -0.2) is 26.5 Å². The first kappa shape index (κ1) is 11.4. The maximum absolute atomic E-state index is 12.1. The van der Waals surface area contributed by atoms with Gasteiger partial charge < -0.3 is 14.4 Å². The number of hydrogen-bond acceptors (Lipinski definition) is 4. The quantitative estimate of drug-likeness (QED) is 0.735. The molecule has 0 unspecified atom stereocenters. The molecule has 1 atom stereocenters. The fourth-order valence-corrected chi connectivity index (χ4v) is 2.07. The number of rotatable bonds is 3. The normalized spacial score (nSPS) is 22.3. The van der Waals surface area contributed by atoms with Crippen LogP contribution < -0.4 is 9.64 Å². The number of nitrogens with zero attached hydrogens (tertiary/aromatic N) is 1. The standard InChI is InChI=1S/C12H13NO4/c1-12(17-7-14)9-6-8(16-3)4-5-10(9)13(2)11(12)15/h4-7H,1-3H3/t12-/m0/s1. The van der Waals surface area contributed by atoms with Crippen molar-refractivity contribution in [3.63, 3.8) is 0 Å². The highest BCUT2D eigenvalue weighted by molar-refractivity contribution is 6.07. The van der Waals surface area contributed by atoms with Gasteiger partial charge in [-0.1, -0.05) is 0 Å². The van der Waals surface area contributed by atoms with Gasteiger partial charge in [0.15, 0.2) is 0 Å². The summed E-state index contributed by atoms with van der Waals surface area (Å²) in [6.07, 6.45) is 0. The summed E-state index contributed by atoms with van der Waals surface area (Å²) in [5, 5.41) is 0. The van der Waals surface area contributed by atoms with Crippen molar-refractivity contribution in [1.82, 2.24) is 0 Å². The van der Waals surface area contributed by atoms with Crippen LogP contribution in [0.15, 0.2) is 18.2 Å². The van der Waals surface area contributed by atoms with Crippen LogP contribution in [0.1, 0.15) is 12.5 Å². The first-order chi connectivity index (χ1) is 8.04. The first-order valence-electron chi connectivity index (χ1n) is 5.12. The number of amides is 1. The summed E-state index contributed by atoms with van der Waals surface area (Å²) in [7, 11) is 3.19. The van der Waals surface area contributed by atoms with Crippen LogP contribution in [0.25, 0.3) is 0 Å². The molecule has 5 nitrogen and oxygen atoms in total. The van der Waals surface area contributed by atoms with Crippen molar-refractivity contribution in [3.05, 3.63) is 23.8 Å². The van der Waals surface area contributed by atoms with E-state index in [1.165, 1.54) is 4.90 Å². The molecule has 0 saturated carbocycles. The third kappa shape index (κ3) is 1.46. The number of hydrogen-bond donors (Lipinski definition) is 0. The maximum Gasteiger partial charge on any atom is 0.294 e. The van der Waals surface area contributed by atoms with E-state index in [2.05, 4.69) is 0 Å². The number of likely N-dealkylation sites (N-methyl/N-ethyl adjacent to an activating group) is 1. The zero-order chi connectivity index (χ0) is 12.6. The lowest BCUT2D eigenvalue weighted by molar-refractivity contribution is -0.154. The molecule has 0 bridgehead atoms. The summed E-state index contributed by atoms with van der Waals surface area (Å²) in [6.45, 7) is 1.87. The van der Waals surface area contributed by atoms with Crippen LogP contribution in [0.3, 0.4) is 0 Å². The molecule has 0 saturated heterocycles. The molecule has 1 aromatic rings. The highest BCUT2D eigenvalue weighted by atomic mass is 16.5. The number of benzene rings is 1. The van der Waals surface area contributed by atoms with Gasteiger partial charge in [0.2, 0.25) is 5.60 Å². The van der Waals surface area contributed by atoms with E-state index < -0.39 is 5.60 Å². The molecule has 1 aliphatic heterocycles. The van der Waals surface area contributed by atoms with E-state index in [1.54, 1.807) is 39.3 Å². The van der Waals surface area contributed by atoms with Gasteiger partial charge in [0.25, 0.3) is 12.4 Å². The predicted octanol–water partition coefficient (Wildman–Crippen LogP) is 1.06. The van der Waals surface area contributed by atoms with E-state index in [1.807, 2.05) is 0 Å². The fraction of sp³-hybridized carbons (Fsp3) is 0.333. The van der Waals surface area contributed by atoms with E-state index in [0.717, 1.165) is 5.69 Å². The number of ether oxygens (including phenoxy) is 2. The minimum absolute atomic E-state index is 0.271. The minimum Gasteiger partial charge on any atom is -0.497 e. The molecule has 5 heteroatoms. The lowest BCUT2D eigenvalue weighted by atomic mass is 9.97. The zero-order valence-corrected chi connectivity index (χ0v) is 9.89. The second-order valence-electron chi connectivity index (χ2n) is 3.99. The summed E-state index contributed by atoms with van der Waals surface area (Å²) < 4.78 is 10.1. The predicted molar refractivity (Wildman–Crippen MR) is 60.9 cm³/mol. The molecule has 0 fully saturated rings. The van der Waals surface area contributed by atoms with Crippen molar-refractivity contribution in [2.24, 2.45) is 0 Å². The van der Waals surface area contributed by atoms with Crippen LogP contribution in [0.5, 0.6) is 5.75 Å². The fourth-order valence-electron chi connectivity index (χ4n) is 2.07. The molecule has 1 heterocycles. The van der Waals surface area contributed by atoms with Gasteiger partial charge in [0.05, 0.1) is 12.8 Å². The van der Waals surface area contributed by atoms with Gasteiger partial charge in [-0.25, -0.2) is 0 Å². The monoisotopic (exact) mass is 235 g/mol. The molecule has 17 heavy (non-hydrogen) atoms. The summed E-state index contributed by atoms with van der Waals surface area (Å²) >= 11 is 0. The molecule has 0 aromatic heterocycles. The topological polar surface area (TPSA) is 55.8 Å². The smallest absolute Gasteiger partial charge is 0.294 e. The molecule has 1 aromatic carbocycles. The van der Waals surface area contributed by atoms with E-state index in [4.69, 9.17) is 9.47 Å². The molecule has 0 spiro atoms. The van der Waals surface area contributed by atoms with Gasteiger partial charge >= 0.3 is 0 Å². The number of anilines is 1. The van der Waals surface area contributed by atoms with Crippen molar-refractivity contribution in [2.75, 3.05) is 19.1 Å². The van der Waals surface area contributed by atoms with Crippen LogP contribution in [-0.2, 0) is 19.9 Å². The summed E-state index contributed by atoms with van der Waals surface area (Å²) in [6, 6.07) is 5.24. The maximum atomic E-state index is 12.1. The van der Waals surface area contributed by atoms with Crippen molar-refractivity contribution < 1.29 is 19.1 Å². The molecule has 1 aliphatic rings. The molecular formula is C12H13NO4. The Labute approximate surface area is 98.9 Å². The van der Waals surface area contributed by atoms with Crippen LogP contribution in [0.2, 0.25) is 0 Å². The second-order valence-corrected chi connectivity index (χ2v) is 3.99. The Morgan fingerprint density at radius 1 is 1.41 bits per heavy atom. The SMILES string of the molecule is COc1ccc2c(c1)[C@](C)(OC=O)C(=O)N2C. The van der Waals surface area contributed by atoms with E-state index >= 15 is 0 Å². The Bertz CT molecular complexity index is 485. The van der Waals surface area contributed by atoms with Gasteiger partial charge in [-0.2, -0.15) is 0 Å². The number of fused-ring (bicyclic) bond motifs is 1. The molecule has 0 N–H and O–H groups in total. The average Bonchev–Trinajstić information content (AvgIpc) is 2.52. The second kappa shape index (κ2) is 3.76. The summed E-state index contributed by atoms with van der Waals surface area (Å²) in [5.74, 6) is 0.348. The Balaban J connectivity index is 2.60. The third-order valence-electron chi connectivity index (χ3n) is 3.08. The molecule has 1 amide bonds. The number of carbonyl (C=O) groups is 2. The van der Waals surface area contributed by atoms with Crippen molar-refractivity contribution in [3.8, 4) is 5.75 Å². The van der Waals surface area contributed by atoms with E-state index in [0.29, 0.717) is 17.8 Å². The number of methoxy groups -OCH3 is 1. The zero-order valence-electron chi connectivity index (χ0n) is 9.89. The average molecular weight is 235 g/mol. The van der Waals surface area contributed by atoms with Crippen molar-refractivity contribution in [2.45, 2.75) is 12.5 Å². The summed E-state index contributed by atoms with van der Waals surface area (Å²) in [4.78, 5) is 24.1. The van der Waals surface area contributed by atoms with E-state index in [9.17, 15) is 9.59 Å². The van der Waals surface area contributed by atoms with Gasteiger partial charge in [-0.15, -0.1) is 0 Å². The highest BCUT2D eigenvalue weighted by Gasteiger charge is 2.48. The molecule has 90 valence electrons. The molecule has 0 radical (unpaired) electrons. The Morgan fingerprint density at radius 3 is 2.71 bits per heavy atom. The molecular weight excluding hydrogens is 222 g/mol. The van der Waals surface area contributed by atoms with Crippen LogP contribution >= 0.6 is 0 Å². The number of carbonyl (C=O) groups excluding carboxylic acids is 2. The van der Waals surface area contributed by atoms with Crippen LogP contribution in [0, 0.1) is 0 Å². The Hall–Kier alpha value is -2.04. The van der Waals surface area contributed by atoms with Gasteiger partial charge in [-0.05, 0) is 25.1 Å². The summed E-state index contributed by atoms with van der Waals surface area (Å²) in [5.41, 5.74) is 0.0944. The van der Waals surface area contributed by atoms with Crippen molar-refractivity contribution in [1.29, 1.82) is 0 Å². The first-order valence-corrected chi connectivity index (χ1v) is 5.12. The lowest BCUT2D eigenvalue weighted by Crippen LogP contribution is -2.38. The van der Waals surface area contributed by atoms with Gasteiger partial charge in [0.1, 0.15) is 5.75 Å². The third-order valence-corrected chi connectivity index (χ3v) is 3.08. The van der Waals surface area contributed by atoms with Gasteiger partial charge in [0, 0.05) is 12.6 Å². The minimum atomic E-state index is -1.26. The lowest BCUT2D eigenvalue weighted by Gasteiger charge is -2.20. The largest absolute Gasteiger partial charge is 0.497 e. The van der Waals surface area contributed by atoms with E-state index in [-0.39, 0.29) is 5.91 Å².